The van der Waals surface area contributed by atoms with Gasteiger partial charge in [-0.2, -0.15) is 0 Å². The van der Waals surface area contributed by atoms with E-state index in [2.05, 4.69) is 38.0 Å². The van der Waals surface area contributed by atoms with Crippen LogP contribution < -0.4 is 4.90 Å². The Morgan fingerprint density at radius 3 is 2.73 bits per heavy atom. The summed E-state index contributed by atoms with van der Waals surface area (Å²) in [6.45, 7) is 3.59. The van der Waals surface area contributed by atoms with Crippen molar-refractivity contribution in [3.8, 4) is 0 Å². The minimum atomic E-state index is 0.415. The van der Waals surface area contributed by atoms with E-state index < -0.39 is 0 Å². The number of likely N-dealkylation sites (tertiary alicyclic amines) is 1. The molecule has 0 saturated carbocycles. The number of rotatable bonds is 5. The van der Waals surface area contributed by atoms with Gasteiger partial charge in [0.25, 0.3) is 0 Å². The summed E-state index contributed by atoms with van der Waals surface area (Å²) in [5.41, 5.74) is 2.46. The van der Waals surface area contributed by atoms with Gasteiger partial charge < -0.3 is 9.47 Å². The van der Waals surface area contributed by atoms with Gasteiger partial charge in [-0.15, -0.1) is 0 Å². The van der Waals surface area contributed by atoms with Crippen molar-refractivity contribution >= 4 is 23.3 Å². The van der Waals surface area contributed by atoms with Crippen molar-refractivity contribution in [1.29, 1.82) is 0 Å². The van der Waals surface area contributed by atoms with Crippen molar-refractivity contribution < 1.29 is 9.47 Å². The second-order valence-corrected chi connectivity index (χ2v) is 7.68. The molecule has 2 aliphatic heterocycles. The Labute approximate surface area is 158 Å². The molecule has 1 aromatic carbocycles. The molecule has 0 N–H and O–H groups in total. The Hall–Kier alpha value is -1.67. The van der Waals surface area contributed by atoms with Crippen LogP contribution in [0.25, 0.3) is 0 Å². The monoisotopic (exact) mass is 372 g/mol. The molecule has 0 spiro atoms. The number of hydrogen-bond donors (Lipinski definition) is 0. The standard InChI is InChI=1S/C19H24N4O2S/c1-24-13-23-16-11-14(12-22-9-5-15(25-2)6-10-22)3-4-17(16)26-19-18(23)20-7-8-21-19/h3-4,7-8,11,15H,5-6,9-10,12-13H2,1-2H3. The molecule has 3 heterocycles. The van der Waals surface area contributed by atoms with Gasteiger partial charge in [-0.1, -0.05) is 17.8 Å². The first-order valence-corrected chi connectivity index (χ1v) is 9.73. The minimum Gasteiger partial charge on any atom is -0.381 e. The Morgan fingerprint density at radius 2 is 1.96 bits per heavy atom. The number of nitrogens with zero attached hydrogens (tertiary/aromatic N) is 4. The summed E-state index contributed by atoms with van der Waals surface area (Å²) in [7, 11) is 3.52. The zero-order valence-corrected chi connectivity index (χ0v) is 16.0. The van der Waals surface area contributed by atoms with Crippen molar-refractivity contribution in [3.05, 3.63) is 36.2 Å². The maximum Gasteiger partial charge on any atom is 0.168 e. The van der Waals surface area contributed by atoms with E-state index in [1.54, 1.807) is 31.3 Å². The molecule has 26 heavy (non-hydrogen) atoms. The van der Waals surface area contributed by atoms with Gasteiger partial charge in [0, 0.05) is 51.1 Å². The van der Waals surface area contributed by atoms with Crippen LogP contribution in [0.15, 0.2) is 40.5 Å². The average Bonchev–Trinajstić information content (AvgIpc) is 2.69. The Bertz CT molecular complexity index is 765. The summed E-state index contributed by atoms with van der Waals surface area (Å²) >= 11 is 1.67. The molecule has 0 amide bonds. The van der Waals surface area contributed by atoms with E-state index in [0.717, 1.165) is 49.0 Å². The van der Waals surface area contributed by atoms with Crippen LogP contribution in [0.2, 0.25) is 0 Å². The lowest BCUT2D eigenvalue weighted by Gasteiger charge is -2.33. The minimum absolute atomic E-state index is 0.415. The predicted octanol–water partition coefficient (Wildman–Crippen LogP) is 3.29. The Morgan fingerprint density at radius 1 is 1.15 bits per heavy atom. The van der Waals surface area contributed by atoms with Gasteiger partial charge in [-0.3, -0.25) is 9.80 Å². The molecule has 1 fully saturated rings. The number of hydrogen-bond acceptors (Lipinski definition) is 7. The van der Waals surface area contributed by atoms with Gasteiger partial charge in [0.2, 0.25) is 0 Å². The third kappa shape index (κ3) is 3.57. The molecule has 6 nitrogen and oxygen atoms in total. The lowest BCUT2D eigenvalue weighted by atomic mass is 10.1. The lowest BCUT2D eigenvalue weighted by molar-refractivity contribution is 0.0388. The zero-order valence-electron chi connectivity index (χ0n) is 15.2. The van der Waals surface area contributed by atoms with E-state index >= 15 is 0 Å². The first kappa shape index (κ1) is 17.7. The molecule has 0 aliphatic carbocycles. The molecule has 2 aliphatic rings. The van der Waals surface area contributed by atoms with Crippen LogP contribution in [0.5, 0.6) is 0 Å². The summed E-state index contributed by atoms with van der Waals surface area (Å²) in [4.78, 5) is 14.8. The third-order valence-corrected chi connectivity index (χ3v) is 6.00. The summed E-state index contributed by atoms with van der Waals surface area (Å²) in [6.07, 6.45) is 6.10. The van der Waals surface area contributed by atoms with Crippen molar-refractivity contribution in [1.82, 2.24) is 14.9 Å². The molecule has 0 unspecified atom stereocenters. The molecule has 0 bridgehead atoms. The van der Waals surface area contributed by atoms with Crippen LogP contribution in [0, 0.1) is 0 Å². The lowest BCUT2D eigenvalue weighted by Crippen LogP contribution is -2.36. The number of methoxy groups -OCH3 is 2. The highest BCUT2D eigenvalue weighted by Crippen LogP contribution is 2.46. The van der Waals surface area contributed by atoms with E-state index in [1.165, 1.54) is 10.5 Å². The number of aromatic nitrogens is 2. The number of anilines is 2. The van der Waals surface area contributed by atoms with Gasteiger partial charge in [0.1, 0.15) is 11.8 Å². The van der Waals surface area contributed by atoms with Crippen molar-refractivity contribution in [2.45, 2.75) is 35.4 Å². The van der Waals surface area contributed by atoms with Crippen molar-refractivity contribution in [2.75, 3.05) is 38.9 Å². The highest BCUT2D eigenvalue weighted by molar-refractivity contribution is 7.99. The molecular formula is C19H24N4O2S. The van der Waals surface area contributed by atoms with E-state index in [0.29, 0.717) is 12.8 Å². The third-order valence-electron chi connectivity index (χ3n) is 4.96. The van der Waals surface area contributed by atoms with Gasteiger partial charge in [-0.05, 0) is 30.5 Å². The molecule has 138 valence electrons. The second-order valence-electron chi connectivity index (χ2n) is 6.65. The van der Waals surface area contributed by atoms with Crippen LogP contribution in [0.1, 0.15) is 18.4 Å². The topological polar surface area (TPSA) is 50.7 Å². The zero-order chi connectivity index (χ0) is 17.9. The molecule has 2 aromatic rings. The maximum atomic E-state index is 5.48. The Balaban J connectivity index is 1.55. The van der Waals surface area contributed by atoms with Crippen LogP contribution in [0.4, 0.5) is 11.5 Å². The largest absolute Gasteiger partial charge is 0.381 e. The SMILES string of the molecule is COCN1c2cc(CN3CCC(OC)CC3)ccc2Sc2nccnc21. The molecule has 1 aromatic heterocycles. The van der Waals surface area contributed by atoms with Gasteiger partial charge in [0.15, 0.2) is 5.82 Å². The number of ether oxygens (including phenoxy) is 2. The molecule has 0 radical (unpaired) electrons. The maximum absolute atomic E-state index is 5.48. The fourth-order valence-corrected chi connectivity index (χ4v) is 4.56. The predicted molar refractivity (Wildman–Crippen MR) is 102 cm³/mol. The average molecular weight is 372 g/mol. The fourth-order valence-electron chi connectivity index (χ4n) is 3.57. The summed E-state index contributed by atoms with van der Waals surface area (Å²) in [6, 6.07) is 6.68. The van der Waals surface area contributed by atoms with Gasteiger partial charge in [-0.25, -0.2) is 9.97 Å². The van der Waals surface area contributed by atoms with E-state index in [4.69, 9.17) is 9.47 Å². The van der Waals surface area contributed by atoms with Crippen LogP contribution >= 0.6 is 11.8 Å². The molecule has 4 rings (SSSR count). The smallest absolute Gasteiger partial charge is 0.168 e. The molecule has 7 heteroatoms. The Kier molecular flexibility index (Phi) is 5.40. The van der Waals surface area contributed by atoms with Crippen molar-refractivity contribution in [2.24, 2.45) is 0 Å². The quantitative estimate of drug-likeness (QED) is 0.798. The molecular weight excluding hydrogens is 348 g/mol. The highest BCUT2D eigenvalue weighted by atomic mass is 32.2. The van der Waals surface area contributed by atoms with E-state index in [-0.39, 0.29) is 0 Å². The normalized spacial score (nSPS) is 17.8. The summed E-state index contributed by atoms with van der Waals surface area (Å²) in [5, 5.41) is 0.923. The fraction of sp³-hybridized carbons (Fsp3) is 0.474. The summed E-state index contributed by atoms with van der Waals surface area (Å²) < 4.78 is 10.9. The van der Waals surface area contributed by atoms with Crippen LogP contribution in [-0.4, -0.2) is 55.0 Å². The highest BCUT2D eigenvalue weighted by Gasteiger charge is 2.26. The number of piperidine rings is 1. The number of fused-ring (bicyclic) bond motifs is 2. The molecule has 1 saturated heterocycles. The van der Waals surface area contributed by atoms with Crippen molar-refractivity contribution in [3.63, 3.8) is 0 Å². The first-order chi connectivity index (χ1) is 12.8. The van der Waals surface area contributed by atoms with Crippen LogP contribution in [0.3, 0.4) is 0 Å². The van der Waals surface area contributed by atoms with Gasteiger partial charge >= 0.3 is 0 Å². The van der Waals surface area contributed by atoms with Crippen LogP contribution in [-0.2, 0) is 16.0 Å². The molecule has 0 atom stereocenters. The van der Waals surface area contributed by atoms with Gasteiger partial charge in [0.05, 0.1) is 11.8 Å². The number of benzene rings is 1. The van der Waals surface area contributed by atoms with E-state index in [1.807, 2.05) is 7.11 Å². The van der Waals surface area contributed by atoms with E-state index in [9.17, 15) is 0 Å². The summed E-state index contributed by atoms with van der Waals surface area (Å²) in [5.74, 6) is 0.866. The second kappa shape index (κ2) is 7.92. The first-order valence-electron chi connectivity index (χ1n) is 8.92.